The summed E-state index contributed by atoms with van der Waals surface area (Å²) in [6, 6.07) is 10.3. The second-order valence-corrected chi connectivity index (χ2v) is 6.85. The van der Waals surface area contributed by atoms with Crippen LogP contribution in [-0.4, -0.2) is 36.1 Å². The Kier molecular flexibility index (Phi) is 4.34. The van der Waals surface area contributed by atoms with E-state index in [0.717, 1.165) is 45.5 Å². The van der Waals surface area contributed by atoms with E-state index < -0.39 is 5.60 Å². The quantitative estimate of drug-likeness (QED) is 0.930. The van der Waals surface area contributed by atoms with E-state index in [-0.39, 0.29) is 5.60 Å². The van der Waals surface area contributed by atoms with Crippen molar-refractivity contribution in [3.63, 3.8) is 0 Å². The summed E-state index contributed by atoms with van der Waals surface area (Å²) in [5.74, 6) is 0.296. The van der Waals surface area contributed by atoms with Gasteiger partial charge in [0.25, 0.3) is 0 Å². The van der Waals surface area contributed by atoms with E-state index in [1.54, 1.807) is 0 Å². The van der Waals surface area contributed by atoms with Crippen LogP contribution in [-0.2, 0) is 15.9 Å². The van der Waals surface area contributed by atoms with Gasteiger partial charge in [0.2, 0.25) is 0 Å². The van der Waals surface area contributed by atoms with Crippen LogP contribution in [0.2, 0.25) is 0 Å². The normalized spacial score (nSPS) is 28.2. The largest absolute Gasteiger partial charge is 0.390 e. The Hall–Kier alpha value is -0.900. The molecule has 0 amide bonds. The Morgan fingerprint density at radius 3 is 2.62 bits per heavy atom. The molecule has 3 nitrogen and oxygen atoms in total. The Bertz CT molecular complexity index is 443. The fraction of sp³-hybridized carbons (Fsp3) is 0.667. The van der Waals surface area contributed by atoms with Gasteiger partial charge in [-0.2, -0.15) is 0 Å². The summed E-state index contributed by atoms with van der Waals surface area (Å²) in [5.41, 5.74) is 0.480. The Morgan fingerprint density at radius 1 is 1.19 bits per heavy atom. The fourth-order valence-corrected chi connectivity index (χ4v) is 3.80. The standard InChI is InChI=1S/C18H26O3/c1-17(19,13-15-5-3-2-4-6-15)16-7-10-21-18(14-16)8-11-20-12-9-18/h2-6,16,19H,7-14H2,1H3. The zero-order valence-electron chi connectivity index (χ0n) is 12.9. The van der Waals surface area contributed by atoms with E-state index in [1.807, 2.05) is 25.1 Å². The van der Waals surface area contributed by atoms with Crippen LogP contribution >= 0.6 is 0 Å². The van der Waals surface area contributed by atoms with Gasteiger partial charge in [0.15, 0.2) is 0 Å². The molecule has 2 heterocycles. The minimum absolute atomic E-state index is 0.0537. The first-order valence-electron chi connectivity index (χ1n) is 8.08. The molecule has 2 fully saturated rings. The van der Waals surface area contributed by atoms with Gasteiger partial charge in [-0.05, 0) is 44.1 Å². The first-order valence-corrected chi connectivity index (χ1v) is 8.08. The van der Waals surface area contributed by atoms with Crippen molar-refractivity contribution in [2.75, 3.05) is 19.8 Å². The van der Waals surface area contributed by atoms with Crippen molar-refractivity contribution < 1.29 is 14.6 Å². The van der Waals surface area contributed by atoms with Gasteiger partial charge in [0.05, 0.1) is 11.2 Å². The van der Waals surface area contributed by atoms with Crippen LogP contribution in [0.1, 0.15) is 38.2 Å². The maximum atomic E-state index is 11.0. The molecule has 1 N–H and O–H groups in total. The topological polar surface area (TPSA) is 38.7 Å². The Labute approximate surface area is 127 Å². The average Bonchev–Trinajstić information content (AvgIpc) is 2.49. The summed E-state index contributed by atoms with van der Waals surface area (Å²) < 4.78 is 11.6. The lowest BCUT2D eigenvalue weighted by atomic mass is 9.72. The number of hydrogen-bond acceptors (Lipinski definition) is 3. The predicted molar refractivity (Wildman–Crippen MR) is 82.2 cm³/mol. The number of rotatable bonds is 3. The second-order valence-electron chi connectivity index (χ2n) is 6.85. The van der Waals surface area contributed by atoms with Crippen molar-refractivity contribution in [3.05, 3.63) is 35.9 Å². The second kappa shape index (κ2) is 6.07. The van der Waals surface area contributed by atoms with E-state index in [0.29, 0.717) is 12.3 Å². The molecule has 0 aromatic heterocycles. The summed E-state index contributed by atoms with van der Waals surface area (Å²) >= 11 is 0. The molecule has 2 aliphatic heterocycles. The fourth-order valence-electron chi connectivity index (χ4n) is 3.80. The van der Waals surface area contributed by atoms with Gasteiger partial charge < -0.3 is 14.6 Å². The molecule has 2 aliphatic rings. The zero-order valence-corrected chi connectivity index (χ0v) is 12.9. The molecule has 2 saturated heterocycles. The summed E-state index contributed by atoms with van der Waals surface area (Å²) in [5, 5.41) is 11.0. The van der Waals surface area contributed by atoms with Gasteiger partial charge in [0, 0.05) is 26.2 Å². The third kappa shape index (κ3) is 3.47. The van der Waals surface area contributed by atoms with Gasteiger partial charge in [-0.15, -0.1) is 0 Å². The van der Waals surface area contributed by atoms with Gasteiger partial charge in [0.1, 0.15) is 0 Å². The van der Waals surface area contributed by atoms with Crippen LogP contribution in [0.5, 0.6) is 0 Å². The molecule has 1 spiro atoms. The molecule has 21 heavy (non-hydrogen) atoms. The minimum Gasteiger partial charge on any atom is -0.390 e. The van der Waals surface area contributed by atoms with E-state index in [1.165, 1.54) is 5.56 Å². The van der Waals surface area contributed by atoms with Crippen molar-refractivity contribution in [1.29, 1.82) is 0 Å². The lowest BCUT2D eigenvalue weighted by Crippen LogP contribution is -2.50. The van der Waals surface area contributed by atoms with E-state index in [9.17, 15) is 5.11 Å². The molecule has 1 aromatic carbocycles. The highest BCUT2D eigenvalue weighted by Gasteiger charge is 2.44. The molecular formula is C18H26O3. The highest BCUT2D eigenvalue weighted by Crippen LogP contribution is 2.41. The van der Waals surface area contributed by atoms with Crippen LogP contribution in [0.4, 0.5) is 0 Å². The SMILES string of the molecule is CC(O)(Cc1ccccc1)C1CCOC2(CCOCC2)C1. The lowest BCUT2D eigenvalue weighted by Gasteiger charge is -2.47. The molecule has 0 saturated carbocycles. The predicted octanol–water partition coefficient (Wildman–Crippen LogP) is 2.96. The van der Waals surface area contributed by atoms with Gasteiger partial charge in [-0.1, -0.05) is 30.3 Å². The van der Waals surface area contributed by atoms with E-state index in [4.69, 9.17) is 9.47 Å². The Balaban J connectivity index is 1.69. The van der Waals surface area contributed by atoms with Crippen LogP contribution in [0, 0.1) is 5.92 Å². The van der Waals surface area contributed by atoms with Crippen molar-refractivity contribution in [2.24, 2.45) is 5.92 Å². The van der Waals surface area contributed by atoms with Crippen molar-refractivity contribution >= 4 is 0 Å². The molecule has 3 rings (SSSR count). The van der Waals surface area contributed by atoms with Gasteiger partial charge in [-0.3, -0.25) is 0 Å². The average molecular weight is 290 g/mol. The summed E-state index contributed by atoms with van der Waals surface area (Å²) in [6.07, 6.45) is 4.54. The third-order valence-electron chi connectivity index (χ3n) is 5.18. The third-order valence-corrected chi connectivity index (χ3v) is 5.18. The van der Waals surface area contributed by atoms with E-state index >= 15 is 0 Å². The number of benzene rings is 1. The maximum absolute atomic E-state index is 11.0. The minimum atomic E-state index is -0.670. The molecular weight excluding hydrogens is 264 g/mol. The molecule has 0 aliphatic carbocycles. The van der Waals surface area contributed by atoms with Gasteiger partial charge >= 0.3 is 0 Å². The highest BCUT2D eigenvalue weighted by molar-refractivity contribution is 5.17. The van der Waals surface area contributed by atoms with Gasteiger partial charge in [-0.25, -0.2) is 0 Å². The molecule has 2 atom stereocenters. The van der Waals surface area contributed by atoms with Crippen LogP contribution in [0.25, 0.3) is 0 Å². The zero-order chi connectivity index (χ0) is 14.8. The van der Waals surface area contributed by atoms with Crippen LogP contribution in [0.15, 0.2) is 30.3 Å². The summed E-state index contributed by atoms with van der Waals surface area (Å²) in [6.45, 7) is 4.32. The molecule has 1 aromatic rings. The molecule has 3 heteroatoms. The molecule has 0 radical (unpaired) electrons. The summed E-state index contributed by atoms with van der Waals surface area (Å²) in [4.78, 5) is 0. The van der Waals surface area contributed by atoms with Crippen LogP contribution in [0.3, 0.4) is 0 Å². The molecule has 0 bridgehead atoms. The van der Waals surface area contributed by atoms with Crippen molar-refractivity contribution in [1.82, 2.24) is 0 Å². The van der Waals surface area contributed by atoms with Crippen molar-refractivity contribution in [3.8, 4) is 0 Å². The smallest absolute Gasteiger partial charge is 0.0730 e. The number of aliphatic hydroxyl groups is 1. The first-order chi connectivity index (χ1) is 10.1. The molecule has 116 valence electrons. The monoisotopic (exact) mass is 290 g/mol. The molecule has 2 unspecified atom stereocenters. The lowest BCUT2D eigenvalue weighted by molar-refractivity contribution is -0.172. The van der Waals surface area contributed by atoms with Crippen molar-refractivity contribution in [2.45, 2.75) is 50.2 Å². The first kappa shape index (κ1) is 15.0. The Morgan fingerprint density at radius 2 is 1.90 bits per heavy atom. The summed E-state index contributed by atoms with van der Waals surface area (Å²) in [7, 11) is 0. The number of ether oxygens (including phenoxy) is 2. The highest BCUT2D eigenvalue weighted by atomic mass is 16.5. The van der Waals surface area contributed by atoms with Crippen LogP contribution < -0.4 is 0 Å². The van der Waals surface area contributed by atoms with E-state index in [2.05, 4.69) is 12.1 Å². The maximum Gasteiger partial charge on any atom is 0.0730 e. The number of hydrogen-bond donors (Lipinski definition) is 1.